The fourth-order valence-corrected chi connectivity index (χ4v) is 5.16. The molecule has 1 fully saturated rings. The highest BCUT2D eigenvalue weighted by molar-refractivity contribution is 14.1. The van der Waals surface area contributed by atoms with Gasteiger partial charge in [-0.15, -0.1) is 0 Å². The Kier molecular flexibility index (Phi) is 8.08. The van der Waals surface area contributed by atoms with E-state index in [0.29, 0.717) is 43.9 Å². The van der Waals surface area contributed by atoms with Crippen molar-refractivity contribution < 1.29 is 14.3 Å². The lowest BCUT2D eigenvalue weighted by Crippen LogP contribution is -2.19. The number of aliphatic imine (C=N–C) groups is 1. The van der Waals surface area contributed by atoms with Crippen LogP contribution in [0.1, 0.15) is 16.7 Å². The quantitative estimate of drug-likeness (QED) is 0.230. The van der Waals surface area contributed by atoms with Gasteiger partial charge in [0.2, 0.25) is 0 Å². The van der Waals surface area contributed by atoms with Crippen LogP contribution in [0.5, 0.6) is 11.5 Å². The van der Waals surface area contributed by atoms with E-state index in [-0.39, 0.29) is 5.91 Å². The number of amidine groups is 1. The molecule has 0 bridgehead atoms. The minimum Gasteiger partial charge on any atom is -0.493 e. The number of rotatable bonds is 6. The minimum absolute atomic E-state index is 0.212. The number of amides is 1. The highest BCUT2D eigenvalue weighted by Crippen LogP contribution is 2.37. The van der Waals surface area contributed by atoms with Crippen molar-refractivity contribution >= 4 is 80.4 Å². The van der Waals surface area contributed by atoms with E-state index in [1.54, 1.807) is 13.2 Å². The van der Waals surface area contributed by atoms with Gasteiger partial charge in [0.1, 0.15) is 6.61 Å². The van der Waals surface area contributed by atoms with Gasteiger partial charge in [0.15, 0.2) is 16.7 Å². The Morgan fingerprint density at radius 1 is 1.12 bits per heavy atom. The van der Waals surface area contributed by atoms with E-state index < -0.39 is 0 Å². The number of hydrogen-bond acceptors (Lipinski definition) is 5. The first-order valence-corrected chi connectivity index (χ1v) is 12.8. The molecule has 5 nitrogen and oxygen atoms in total. The molecule has 3 aromatic rings. The van der Waals surface area contributed by atoms with Crippen LogP contribution < -0.4 is 14.8 Å². The summed E-state index contributed by atoms with van der Waals surface area (Å²) >= 11 is 15.9. The van der Waals surface area contributed by atoms with E-state index in [1.165, 1.54) is 11.8 Å². The van der Waals surface area contributed by atoms with E-state index in [9.17, 15) is 4.79 Å². The molecule has 34 heavy (non-hydrogen) atoms. The van der Waals surface area contributed by atoms with E-state index in [4.69, 9.17) is 32.7 Å². The average Bonchev–Trinajstić information content (AvgIpc) is 3.15. The molecule has 0 atom stereocenters. The van der Waals surface area contributed by atoms with Crippen LogP contribution in [-0.4, -0.2) is 18.2 Å². The SMILES string of the molecule is COc1cc(/C=C2/SC(=Nc3cccc(Cl)c3C)NC2=O)cc(I)c1OCc1ccccc1Cl. The Bertz CT molecular complexity index is 1330. The normalized spacial score (nSPS) is 15.6. The molecule has 3 aromatic carbocycles. The van der Waals surface area contributed by atoms with Crippen LogP contribution >= 0.6 is 57.6 Å². The lowest BCUT2D eigenvalue weighted by atomic mass is 10.2. The number of halogens is 3. The van der Waals surface area contributed by atoms with Gasteiger partial charge in [-0.05, 0) is 88.8 Å². The third-order valence-corrected chi connectivity index (χ3v) is 7.48. The van der Waals surface area contributed by atoms with Gasteiger partial charge >= 0.3 is 0 Å². The standard InChI is InChI=1S/C25H19Cl2IN2O3S/c1-14-17(26)8-5-9-20(14)29-25-30-24(31)22(34-25)12-15-10-19(28)23(21(11-15)32-2)33-13-16-6-3-4-7-18(16)27/h3-12H,13H2,1-2H3,(H,29,30,31)/b22-12+. The highest BCUT2D eigenvalue weighted by atomic mass is 127. The van der Waals surface area contributed by atoms with Crippen molar-refractivity contribution in [1.29, 1.82) is 0 Å². The maximum atomic E-state index is 12.6. The largest absolute Gasteiger partial charge is 0.493 e. The third kappa shape index (κ3) is 5.71. The predicted molar refractivity (Wildman–Crippen MR) is 148 cm³/mol. The molecular weight excluding hydrogens is 606 g/mol. The first-order valence-electron chi connectivity index (χ1n) is 10.1. The first kappa shape index (κ1) is 24.9. The summed E-state index contributed by atoms with van der Waals surface area (Å²) in [6.07, 6.45) is 1.80. The van der Waals surface area contributed by atoms with Crippen molar-refractivity contribution in [3.05, 3.63) is 89.8 Å². The summed E-state index contributed by atoms with van der Waals surface area (Å²) in [5, 5.41) is 4.59. The number of carbonyl (C=O) groups excluding carboxylic acids is 1. The highest BCUT2D eigenvalue weighted by Gasteiger charge is 2.24. The Balaban J connectivity index is 1.56. The second-order valence-electron chi connectivity index (χ2n) is 7.28. The predicted octanol–water partition coefficient (Wildman–Crippen LogP) is 7.39. The van der Waals surface area contributed by atoms with Gasteiger partial charge in [-0.2, -0.15) is 0 Å². The van der Waals surface area contributed by atoms with E-state index in [1.807, 2.05) is 61.5 Å². The van der Waals surface area contributed by atoms with Gasteiger partial charge in [-0.3, -0.25) is 4.79 Å². The minimum atomic E-state index is -0.212. The average molecular weight is 625 g/mol. The van der Waals surface area contributed by atoms with E-state index in [0.717, 1.165) is 20.3 Å². The van der Waals surface area contributed by atoms with Gasteiger partial charge in [-0.25, -0.2) is 4.99 Å². The van der Waals surface area contributed by atoms with Crippen molar-refractivity contribution in [1.82, 2.24) is 5.32 Å². The first-order chi connectivity index (χ1) is 16.4. The fourth-order valence-electron chi connectivity index (χ4n) is 3.19. The van der Waals surface area contributed by atoms with Crippen molar-refractivity contribution in [3.8, 4) is 11.5 Å². The molecule has 1 aliphatic heterocycles. The maximum Gasteiger partial charge on any atom is 0.264 e. The Morgan fingerprint density at radius 3 is 2.65 bits per heavy atom. The third-order valence-electron chi connectivity index (χ3n) is 4.99. The van der Waals surface area contributed by atoms with Gasteiger partial charge in [0.05, 0.1) is 21.3 Å². The zero-order chi connectivity index (χ0) is 24.2. The Labute approximate surface area is 225 Å². The number of hydrogen-bond donors (Lipinski definition) is 1. The van der Waals surface area contributed by atoms with Crippen molar-refractivity contribution in [2.45, 2.75) is 13.5 Å². The zero-order valence-corrected chi connectivity index (χ0v) is 22.7. The van der Waals surface area contributed by atoms with Crippen molar-refractivity contribution in [2.24, 2.45) is 4.99 Å². The van der Waals surface area contributed by atoms with Crippen molar-refractivity contribution in [3.63, 3.8) is 0 Å². The zero-order valence-electron chi connectivity index (χ0n) is 18.2. The van der Waals surface area contributed by atoms with Gasteiger partial charge in [0.25, 0.3) is 5.91 Å². The lowest BCUT2D eigenvalue weighted by Gasteiger charge is -2.14. The van der Waals surface area contributed by atoms with Crippen LogP contribution in [0.25, 0.3) is 6.08 Å². The molecule has 4 rings (SSSR count). The summed E-state index contributed by atoms with van der Waals surface area (Å²) in [6, 6.07) is 16.8. The molecule has 1 heterocycles. The van der Waals surface area contributed by atoms with Gasteiger partial charge in [0, 0.05) is 15.6 Å². The van der Waals surface area contributed by atoms with E-state index in [2.05, 4.69) is 32.9 Å². The molecular formula is C25H19Cl2IN2O3S. The van der Waals surface area contributed by atoms with E-state index >= 15 is 0 Å². The van der Waals surface area contributed by atoms with Crippen LogP contribution in [0, 0.1) is 10.5 Å². The number of nitrogens with zero attached hydrogens (tertiary/aromatic N) is 1. The number of ether oxygens (including phenoxy) is 2. The fraction of sp³-hybridized carbons (Fsp3) is 0.120. The lowest BCUT2D eigenvalue weighted by molar-refractivity contribution is -0.115. The second kappa shape index (κ2) is 11.0. The molecule has 9 heteroatoms. The summed E-state index contributed by atoms with van der Waals surface area (Å²) in [5.74, 6) is 0.974. The Hall–Kier alpha value is -2.20. The summed E-state index contributed by atoms with van der Waals surface area (Å²) in [7, 11) is 1.58. The number of carbonyl (C=O) groups is 1. The molecule has 0 unspecified atom stereocenters. The molecule has 0 spiro atoms. The topological polar surface area (TPSA) is 59.9 Å². The summed E-state index contributed by atoms with van der Waals surface area (Å²) in [5.41, 5.74) is 3.27. The maximum absolute atomic E-state index is 12.6. The monoisotopic (exact) mass is 624 g/mol. The number of nitrogens with one attached hydrogen (secondary N) is 1. The second-order valence-corrected chi connectivity index (χ2v) is 10.3. The summed E-state index contributed by atoms with van der Waals surface area (Å²) in [6.45, 7) is 2.21. The van der Waals surface area contributed by atoms with Crippen molar-refractivity contribution in [2.75, 3.05) is 7.11 Å². The molecule has 1 amide bonds. The molecule has 0 aliphatic carbocycles. The number of methoxy groups -OCH3 is 1. The van der Waals surface area contributed by atoms with Gasteiger partial charge < -0.3 is 14.8 Å². The molecule has 1 saturated heterocycles. The molecule has 1 N–H and O–H groups in total. The summed E-state index contributed by atoms with van der Waals surface area (Å²) < 4.78 is 12.4. The Morgan fingerprint density at radius 2 is 1.88 bits per heavy atom. The van der Waals surface area contributed by atoms with Crippen LogP contribution in [0.2, 0.25) is 10.0 Å². The van der Waals surface area contributed by atoms with Gasteiger partial charge in [-0.1, -0.05) is 47.5 Å². The van der Waals surface area contributed by atoms with Crippen LogP contribution in [-0.2, 0) is 11.4 Å². The molecule has 1 aliphatic rings. The summed E-state index contributed by atoms with van der Waals surface area (Å²) in [4.78, 5) is 17.6. The smallest absolute Gasteiger partial charge is 0.264 e. The molecule has 0 aromatic heterocycles. The van der Waals surface area contributed by atoms with Crippen LogP contribution in [0.15, 0.2) is 64.5 Å². The number of thioether (sulfide) groups is 1. The van der Waals surface area contributed by atoms with Crippen LogP contribution in [0.4, 0.5) is 5.69 Å². The molecule has 0 radical (unpaired) electrons. The number of benzene rings is 3. The van der Waals surface area contributed by atoms with Crippen LogP contribution in [0.3, 0.4) is 0 Å². The molecule has 0 saturated carbocycles. The molecule has 174 valence electrons.